The average Bonchev–Trinajstić information content (AvgIpc) is 2.73. The Labute approximate surface area is 105 Å². The lowest BCUT2D eigenvalue weighted by atomic mass is 10.0. The second-order valence-electron chi connectivity index (χ2n) is 4.43. The van der Waals surface area contributed by atoms with Crippen molar-refractivity contribution >= 4 is 22.8 Å². The van der Waals surface area contributed by atoms with Gasteiger partial charge in [0.2, 0.25) is 0 Å². The highest BCUT2D eigenvalue weighted by Crippen LogP contribution is 2.20. The van der Waals surface area contributed by atoms with Crippen molar-refractivity contribution in [2.24, 2.45) is 5.92 Å². The lowest BCUT2D eigenvalue weighted by molar-refractivity contribution is 0.0615. The molecule has 2 aromatic rings. The van der Waals surface area contributed by atoms with Crippen LogP contribution in [0.3, 0.4) is 0 Å². The molecule has 5 heteroatoms. The molecule has 17 heavy (non-hydrogen) atoms. The van der Waals surface area contributed by atoms with Gasteiger partial charge in [0.25, 0.3) is 0 Å². The summed E-state index contributed by atoms with van der Waals surface area (Å²) in [5, 5.41) is 0.520. The van der Waals surface area contributed by atoms with Crippen LogP contribution in [0.15, 0.2) is 18.5 Å². The molecule has 0 aliphatic carbocycles. The van der Waals surface area contributed by atoms with Crippen molar-refractivity contribution in [3.63, 3.8) is 0 Å². The number of pyridine rings is 1. The highest BCUT2D eigenvalue weighted by molar-refractivity contribution is 6.29. The second-order valence-corrected chi connectivity index (χ2v) is 4.82. The first-order chi connectivity index (χ1) is 8.33. The van der Waals surface area contributed by atoms with Crippen LogP contribution in [0.25, 0.3) is 11.2 Å². The minimum Gasteiger partial charge on any atom is -0.381 e. The van der Waals surface area contributed by atoms with Gasteiger partial charge in [0.1, 0.15) is 10.7 Å². The smallest absolute Gasteiger partial charge is 0.161 e. The van der Waals surface area contributed by atoms with Gasteiger partial charge in [-0.15, -0.1) is 0 Å². The Balaban J connectivity index is 1.86. The fourth-order valence-electron chi connectivity index (χ4n) is 2.26. The summed E-state index contributed by atoms with van der Waals surface area (Å²) in [5.41, 5.74) is 1.78. The number of halogens is 1. The number of nitrogens with zero attached hydrogens (tertiary/aromatic N) is 3. The molecule has 1 saturated heterocycles. The molecule has 0 spiro atoms. The van der Waals surface area contributed by atoms with E-state index in [2.05, 4.69) is 14.5 Å². The number of hydrogen-bond donors (Lipinski definition) is 0. The highest BCUT2D eigenvalue weighted by atomic mass is 35.5. The van der Waals surface area contributed by atoms with Crippen LogP contribution in [0, 0.1) is 5.92 Å². The van der Waals surface area contributed by atoms with E-state index in [0.29, 0.717) is 11.1 Å². The van der Waals surface area contributed by atoms with Gasteiger partial charge in [0.15, 0.2) is 5.65 Å². The van der Waals surface area contributed by atoms with Crippen LogP contribution < -0.4 is 0 Å². The molecule has 0 radical (unpaired) electrons. The summed E-state index contributed by atoms with van der Waals surface area (Å²) in [5.74, 6) is 0.655. The van der Waals surface area contributed by atoms with Gasteiger partial charge < -0.3 is 9.30 Å². The fraction of sp³-hybridized carbons (Fsp3) is 0.500. The predicted molar refractivity (Wildman–Crippen MR) is 66.1 cm³/mol. The summed E-state index contributed by atoms with van der Waals surface area (Å²) in [6.45, 7) is 2.68. The predicted octanol–water partition coefficient (Wildman–Crippen LogP) is 2.51. The third-order valence-corrected chi connectivity index (χ3v) is 3.44. The first kappa shape index (κ1) is 11.0. The Bertz CT molecular complexity index is 519. The van der Waals surface area contributed by atoms with Crippen LogP contribution in [0.4, 0.5) is 0 Å². The maximum atomic E-state index is 5.92. The van der Waals surface area contributed by atoms with Gasteiger partial charge in [-0.1, -0.05) is 11.6 Å². The van der Waals surface area contributed by atoms with Crippen molar-refractivity contribution in [3.8, 4) is 0 Å². The minimum absolute atomic E-state index is 0.520. The molecule has 1 aliphatic rings. The number of imidazole rings is 1. The Morgan fingerprint density at radius 1 is 1.35 bits per heavy atom. The van der Waals surface area contributed by atoms with Gasteiger partial charge in [-0.05, 0) is 30.9 Å². The molecule has 0 N–H and O–H groups in total. The summed E-state index contributed by atoms with van der Waals surface area (Å²) >= 11 is 5.92. The van der Waals surface area contributed by atoms with Gasteiger partial charge >= 0.3 is 0 Å². The van der Waals surface area contributed by atoms with E-state index >= 15 is 0 Å². The van der Waals surface area contributed by atoms with E-state index in [9.17, 15) is 0 Å². The maximum Gasteiger partial charge on any atom is 0.161 e. The van der Waals surface area contributed by atoms with Crippen molar-refractivity contribution in [2.75, 3.05) is 13.2 Å². The van der Waals surface area contributed by atoms with Crippen molar-refractivity contribution in [1.29, 1.82) is 0 Å². The zero-order valence-corrected chi connectivity index (χ0v) is 10.2. The molecule has 2 aromatic heterocycles. The third-order valence-electron chi connectivity index (χ3n) is 3.22. The van der Waals surface area contributed by atoms with E-state index < -0.39 is 0 Å². The van der Waals surface area contributed by atoms with Crippen LogP contribution in [0.5, 0.6) is 0 Å². The standard InChI is InChI=1S/C12H14ClN3O/c13-11-2-1-10-12(15-11)16(8-14-10)7-9-3-5-17-6-4-9/h1-2,8-9H,3-7H2. The summed E-state index contributed by atoms with van der Waals surface area (Å²) < 4.78 is 7.46. The zero-order chi connectivity index (χ0) is 11.7. The number of fused-ring (bicyclic) bond motifs is 1. The number of rotatable bonds is 2. The van der Waals surface area contributed by atoms with E-state index in [1.165, 1.54) is 0 Å². The number of ether oxygens (including phenoxy) is 1. The first-order valence-electron chi connectivity index (χ1n) is 5.88. The van der Waals surface area contributed by atoms with E-state index in [4.69, 9.17) is 16.3 Å². The largest absolute Gasteiger partial charge is 0.381 e. The minimum atomic E-state index is 0.520. The maximum absolute atomic E-state index is 5.92. The van der Waals surface area contributed by atoms with E-state index in [1.807, 2.05) is 12.4 Å². The molecule has 0 saturated carbocycles. The van der Waals surface area contributed by atoms with Crippen molar-refractivity contribution in [2.45, 2.75) is 19.4 Å². The fourth-order valence-corrected chi connectivity index (χ4v) is 2.40. The molecule has 1 aliphatic heterocycles. The monoisotopic (exact) mass is 251 g/mol. The van der Waals surface area contributed by atoms with Gasteiger partial charge in [0.05, 0.1) is 6.33 Å². The first-order valence-corrected chi connectivity index (χ1v) is 6.26. The molecule has 0 unspecified atom stereocenters. The van der Waals surface area contributed by atoms with Gasteiger partial charge in [-0.2, -0.15) is 0 Å². The average molecular weight is 252 g/mol. The molecule has 4 nitrogen and oxygen atoms in total. The lowest BCUT2D eigenvalue weighted by Gasteiger charge is -2.22. The van der Waals surface area contributed by atoms with Crippen LogP contribution in [-0.4, -0.2) is 27.7 Å². The van der Waals surface area contributed by atoms with Crippen molar-refractivity contribution in [1.82, 2.24) is 14.5 Å². The van der Waals surface area contributed by atoms with Crippen LogP contribution >= 0.6 is 11.6 Å². The quantitative estimate of drug-likeness (QED) is 0.770. The topological polar surface area (TPSA) is 39.9 Å². The lowest BCUT2D eigenvalue weighted by Crippen LogP contribution is -2.20. The number of aromatic nitrogens is 3. The van der Waals surface area contributed by atoms with Crippen LogP contribution in [-0.2, 0) is 11.3 Å². The molecule has 3 heterocycles. The summed E-state index contributed by atoms with van der Waals surface area (Å²) in [7, 11) is 0. The van der Waals surface area contributed by atoms with Gasteiger partial charge in [-0.25, -0.2) is 9.97 Å². The third kappa shape index (κ3) is 2.28. The normalized spacial score (nSPS) is 17.7. The van der Waals surface area contributed by atoms with E-state index in [-0.39, 0.29) is 0 Å². The van der Waals surface area contributed by atoms with Gasteiger partial charge in [-0.3, -0.25) is 0 Å². The Morgan fingerprint density at radius 2 is 2.18 bits per heavy atom. The molecule has 0 atom stereocenters. The molecule has 0 bridgehead atoms. The second kappa shape index (κ2) is 4.63. The Morgan fingerprint density at radius 3 is 3.00 bits per heavy atom. The van der Waals surface area contributed by atoms with Crippen molar-refractivity contribution < 1.29 is 4.74 Å². The molecule has 3 rings (SSSR count). The summed E-state index contributed by atoms with van der Waals surface area (Å²) in [6.07, 6.45) is 4.07. The SMILES string of the molecule is Clc1ccc2ncn(CC3CCOCC3)c2n1. The molecule has 0 amide bonds. The van der Waals surface area contributed by atoms with Crippen LogP contribution in [0.2, 0.25) is 5.15 Å². The zero-order valence-electron chi connectivity index (χ0n) is 9.47. The number of hydrogen-bond acceptors (Lipinski definition) is 3. The van der Waals surface area contributed by atoms with Crippen molar-refractivity contribution in [3.05, 3.63) is 23.6 Å². The molecule has 1 fully saturated rings. The van der Waals surface area contributed by atoms with Gasteiger partial charge in [0, 0.05) is 19.8 Å². The highest BCUT2D eigenvalue weighted by Gasteiger charge is 2.15. The molecular weight excluding hydrogens is 238 g/mol. The molecule has 90 valence electrons. The van der Waals surface area contributed by atoms with Crippen LogP contribution in [0.1, 0.15) is 12.8 Å². The van der Waals surface area contributed by atoms with E-state index in [1.54, 1.807) is 6.07 Å². The molecular formula is C12H14ClN3O. The Hall–Kier alpha value is -1.13. The Kier molecular flexibility index (Phi) is 2.99. The van der Waals surface area contributed by atoms with E-state index in [0.717, 1.165) is 43.8 Å². The summed E-state index contributed by atoms with van der Waals surface area (Å²) in [6, 6.07) is 3.68. The summed E-state index contributed by atoms with van der Waals surface area (Å²) in [4.78, 5) is 8.67. The molecule has 0 aromatic carbocycles.